The maximum absolute atomic E-state index is 5.57. The standard InChI is InChI=1S/C12H19N/c1-9(2)6-12-5-4-11(8-13)7-10(12)3/h4-5,7,9H,6,8,13H2,1-3H3. The van der Waals surface area contributed by atoms with E-state index < -0.39 is 0 Å². The van der Waals surface area contributed by atoms with Gasteiger partial charge >= 0.3 is 0 Å². The highest BCUT2D eigenvalue weighted by Crippen LogP contribution is 2.14. The molecule has 0 heterocycles. The fraction of sp³-hybridized carbons (Fsp3) is 0.500. The van der Waals surface area contributed by atoms with Crippen molar-refractivity contribution in [3.05, 3.63) is 34.9 Å². The minimum Gasteiger partial charge on any atom is -0.326 e. The zero-order valence-electron chi connectivity index (χ0n) is 8.80. The first-order chi connectivity index (χ1) is 6.13. The van der Waals surface area contributed by atoms with Gasteiger partial charge in [0.15, 0.2) is 0 Å². The number of rotatable bonds is 3. The molecule has 13 heavy (non-hydrogen) atoms. The Morgan fingerprint density at radius 2 is 2.00 bits per heavy atom. The lowest BCUT2D eigenvalue weighted by atomic mass is 9.97. The third-order valence-corrected chi connectivity index (χ3v) is 2.27. The van der Waals surface area contributed by atoms with Gasteiger partial charge in [0.1, 0.15) is 0 Å². The minimum atomic E-state index is 0.642. The van der Waals surface area contributed by atoms with Crippen LogP contribution in [0.1, 0.15) is 30.5 Å². The summed E-state index contributed by atoms with van der Waals surface area (Å²) in [6.07, 6.45) is 1.16. The van der Waals surface area contributed by atoms with E-state index in [-0.39, 0.29) is 0 Å². The average molecular weight is 177 g/mol. The van der Waals surface area contributed by atoms with Crippen LogP contribution in [0.4, 0.5) is 0 Å². The summed E-state index contributed by atoms with van der Waals surface area (Å²) in [5.41, 5.74) is 9.62. The van der Waals surface area contributed by atoms with Crippen molar-refractivity contribution >= 4 is 0 Å². The van der Waals surface area contributed by atoms with Crippen LogP contribution in [-0.2, 0) is 13.0 Å². The Hall–Kier alpha value is -0.820. The molecule has 1 heteroatoms. The zero-order valence-corrected chi connectivity index (χ0v) is 8.80. The lowest BCUT2D eigenvalue weighted by Crippen LogP contribution is -2.00. The summed E-state index contributed by atoms with van der Waals surface area (Å²) in [5, 5.41) is 0. The maximum Gasteiger partial charge on any atom is 0.0178 e. The van der Waals surface area contributed by atoms with Gasteiger partial charge in [0.25, 0.3) is 0 Å². The van der Waals surface area contributed by atoms with E-state index in [0.717, 1.165) is 12.3 Å². The third kappa shape index (κ3) is 2.85. The van der Waals surface area contributed by atoms with E-state index >= 15 is 0 Å². The second kappa shape index (κ2) is 4.43. The molecule has 0 aromatic heterocycles. The van der Waals surface area contributed by atoms with Gasteiger partial charge in [0, 0.05) is 6.54 Å². The van der Waals surface area contributed by atoms with Crippen LogP contribution < -0.4 is 5.73 Å². The molecule has 0 aliphatic rings. The van der Waals surface area contributed by atoms with Gasteiger partial charge in [-0.3, -0.25) is 0 Å². The number of hydrogen-bond donors (Lipinski definition) is 1. The lowest BCUT2D eigenvalue weighted by Gasteiger charge is -2.09. The van der Waals surface area contributed by atoms with Gasteiger partial charge in [-0.25, -0.2) is 0 Å². The highest BCUT2D eigenvalue weighted by atomic mass is 14.5. The van der Waals surface area contributed by atoms with Gasteiger partial charge < -0.3 is 5.73 Å². The van der Waals surface area contributed by atoms with E-state index in [0.29, 0.717) is 6.54 Å². The Bertz CT molecular complexity index is 276. The van der Waals surface area contributed by atoms with E-state index in [1.54, 1.807) is 0 Å². The van der Waals surface area contributed by atoms with Crippen LogP contribution >= 0.6 is 0 Å². The molecule has 0 unspecified atom stereocenters. The summed E-state index contributed by atoms with van der Waals surface area (Å²) >= 11 is 0. The van der Waals surface area contributed by atoms with Crippen LogP contribution in [-0.4, -0.2) is 0 Å². The van der Waals surface area contributed by atoms with E-state index in [4.69, 9.17) is 5.73 Å². The van der Waals surface area contributed by atoms with E-state index in [1.807, 2.05) is 0 Å². The van der Waals surface area contributed by atoms with Crippen molar-refractivity contribution in [3.8, 4) is 0 Å². The summed E-state index contributed by atoms with van der Waals surface area (Å²) in [4.78, 5) is 0. The van der Waals surface area contributed by atoms with Crippen molar-refractivity contribution in [2.45, 2.75) is 33.7 Å². The van der Waals surface area contributed by atoms with Crippen molar-refractivity contribution in [3.63, 3.8) is 0 Å². The number of benzene rings is 1. The molecule has 0 atom stereocenters. The molecule has 0 spiro atoms. The maximum atomic E-state index is 5.57. The predicted octanol–water partition coefficient (Wildman–Crippen LogP) is 2.65. The number of aryl methyl sites for hydroxylation is 1. The van der Waals surface area contributed by atoms with E-state index in [9.17, 15) is 0 Å². The third-order valence-electron chi connectivity index (χ3n) is 2.27. The van der Waals surface area contributed by atoms with Crippen molar-refractivity contribution in [2.24, 2.45) is 11.7 Å². The number of nitrogens with two attached hydrogens (primary N) is 1. The summed E-state index contributed by atoms with van der Waals surface area (Å²) in [6, 6.07) is 6.53. The summed E-state index contributed by atoms with van der Waals surface area (Å²) < 4.78 is 0. The first-order valence-electron chi connectivity index (χ1n) is 4.92. The second-order valence-corrected chi connectivity index (χ2v) is 4.06. The SMILES string of the molecule is Cc1cc(CN)ccc1CC(C)C. The van der Waals surface area contributed by atoms with Crippen LogP contribution in [0.25, 0.3) is 0 Å². The Kier molecular flexibility index (Phi) is 3.49. The van der Waals surface area contributed by atoms with Crippen LogP contribution in [0.2, 0.25) is 0 Å². The monoisotopic (exact) mass is 177 g/mol. The van der Waals surface area contributed by atoms with Crippen molar-refractivity contribution in [2.75, 3.05) is 0 Å². The molecule has 1 nitrogen and oxygen atoms in total. The van der Waals surface area contributed by atoms with Gasteiger partial charge in [-0.05, 0) is 36.0 Å². The van der Waals surface area contributed by atoms with Crippen molar-refractivity contribution in [1.82, 2.24) is 0 Å². The summed E-state index contributed by atoms with van der Waals surface area (Å²) in [6.45, 7) is 7.30. The highest BCUT2D eigenvalue weighted by Gasteiger charge is 2.01. The molecule has 0 amide bonds. The Morgan fingerprint density at radius 3 is 2.46 bits per heavy atom. The Balaban J connectivity index is 2.85. The highest BCUT2D eigenvalue weighted by molar-refractivity contribution is 5.31. The first-order valence-corrected chi connectivity index (χ1v) is 4.92. The smallest absolute Gasteiger partial charge is 0.0178 e. The quantitative estimate of drug-likeness (QED) is 0.754. The molecule has 0 aliphatic carbocycles. The van der Waals surface area contributed by atoms with Gasteiger partial charge in [0.05, 0.1) is 0 Å². The molecular formula is C12H19N. The molecule has 0 saturated heterocycles. The average Bonchev–Trinajstić information content (AvgIpc) is 2.08. The molecule has 1 aromatic carbocycles. The Labute approximate surface area is 81.0 Å². The van der Waals surface area contributed by atoms with E-state index in [1.165, 1.54) is 16.7 Å². The molecular weight excluding hydrogens is 158 g/mol. The molecule has 0 radical (unpaired) electrons. The zero-order chi connectivity index (χ0) is 9.84. The predicted molar refractivity (Wildman–Crippen MR) is 57.6 cm³/mol. The number of hydrogen-bond acceptors (Lipinski definition) is 1. The molecule has 72 valence electrons. The fourth-order valence-electron chi connectivity index (χ4n) is 1.55. The topological polar surface area (TPSA) is 26.0 Å². The van der Waals surface area contributed by atoms with Gasteiger partial charge in [0.2, 0.25) is 0 Å². The minimum absolute atomic E-state index is 0.642. The van der Waals surface area contributed by atoms with Crippen LogP contribution in [0, 0.1) is 12.8 Å². The van der Waals surface area contributed by atoms with Crippen LogP contribution in [0.3, 0.4) is 0 Å². The van der Waals surface area contributed by atoms with E-state index in [2.05, 4.69) is 39.0 Å². The molecule has 0 saturated carbocycles. The van der Waals surface area contributed by atoms with Crippen LogP contribution in [0.15, 0.2) is 18.2 Å². The second-order valence-electron chi connectivity index (χ2n) is 4.06. The molecule has 1 rings (SSSR count). The molecule has 2 N–H and O–H groups in total. The van der Waals surface area contributed by atoms with Crippen LogP contribution in [0.5, 0.6) is 0 Å². The van der Waals surface area contributed by atoms with Gasteiger partial charge in [-0.2, -0.15) is 0 Å². The summed E-state index contributed by atoms with van der Waals surface area (Å²) in [7, 11) is 0. The normalized spacial score (nSPS) is 10.8. The molecule has 1 aromatic rings. The summed E-state index contributed by atoms with van der Waals surface area (Å²) in [5.74, 6) is 0.724. The van der Waals surface area contributed by atoms with Crippen molar-refractivity contribution < 1.29 is 0 Å². The first kappa shape index (κ1) is 10.3. The molecule has 0 bridgehead atoms. The fourth-order valence-corrected chi connectivity index (χ4v) is 1.55. The van der Waals surface area contributed by atoms with Crippen molar-refractivity contribution in [1.29, 1.82) is 0 Å². The van der Waals surface area contributed by atoms with Gasteiger partial charge in [-0.1, -0.05) is 32.0 Å². The van der Waals surface area contributed by atoms with Gasteiger partial charge in [-0.15, -0.1) is 0 Å². The largest absolute Gasteiger partial charge is 0.326 e. The molecule has 0 fully saturated rings. The molecule has 0 aliphatic heterocycles. The lowest BCUT2D eigenvalue weighted by molar-refractivity contribution is 0.644. The Morgan fingerprint density at radius 1 is 1.31 bits per heavy atom.